The average molecular weight is 315 g/mol. The van der Waals surface area contributed by atoms with Crippen molar-refractivity contribution in [1.29, 1.82) is 0 Å². The fourth-order valence-electron chi connectivity index (χ4n) is 3.37. The molecule has 1 atom stereocenters. The highest BCUT2D eigenvalue weighted by atomic mass is 16.3. The van der Waals surface area contributed by atoms with E-state index in [0.717, 1.165) is 36.0 Å². The van der Waals surface area contributed by atoms with Crippen molar-refractivity contribution in [3.05, 3.63) is 35.5 Å². The number of piperazine rings is 1. The van der Waals surface area contributed by atoms with E-state index in [2.05, 4.69) is 22.9 Å². The zero-order valence-corrected chi connectivity index (χ0v) is 13.9. The Morgan fingerprint density at radius 1 is 1.30 bits per heavy atom. The molecule has 0 bridgehead atoms. The highest BCUT2D eigenvalue weighted by Gasteiger charge is 2.24. The number of β-amino-alcohol motifs (C(OH)–C–C–N with tert-alkyl or cyclic N) is 1. The molecule has 1 aliphatic rings. The first-order chi connectivity index (χ1) is 11.1. The number of benzene rings is 1. The summed E-state index contributed by atoms with van der Waals surface area (Å²) in [6, 6.07) is 6.14. The molecule has 23 heavy (non-hydrogen) atoms. The molecule has 0 radical (unpaired) electrons. The second kappa shape index (κ2) is 6.72. The number of aliphatic hydroxyl groups is 1. The van der Waals surface area contributed by atoms with E-state index in [4.69, 9.17) is 0 Å². The van der Waals surface area contributed by atoms with Crippen molar-refractivity contribution in [3.8, 4) is 0 Å². The Morgan fingerprint density at radius 3 is 2.70 bits per heavy atom. The highest BCUT2D eigenvalue weighted by molar-refractivity contribution is 6.07. The first-order valence-corrected chi connectivity index (χ1v) is 8.38. The third-order valence-electron chi connectivity index (χ3n) is 4.60. The number of amides is 1. The maximum Gasteiger partial charge on any atom is 0.256 e. The van der Waals surface area contributed by atoms with E-state index in [9.17, 15) is 9.90 Å². The number of carbonyl (C=O) groups excluding carboxylic acids is 1. The number of nitrogens with one attached hydrogen (secondary N) is 1. The van der Waals surface area contributed by atoms with Gasteiger partial charge in [-0.2, -0.15) is 0 Å². The number of para-hydroxylation sites is 1. The molecule has 124 valence electrons. The summed E-state index contributed by atoms with van der Waals surface area (Å²) in [5.74, 6) is 0.0983. The first-order valence-electron chi connectivity index (χ1n) is 8.38. The van der Waals surface area contributed by atoms with Gasteiger partial charge in [-0.3, -0.25) is 9.69 Å². The molecule has 1 saturated heterocycles. The quantitative estimate of drug-likeness (QED) is 0.905. The van der Waals surface area contributed by atoms with Gasteiger partial charge in [0.25, 0.3) is 5.91 Å². The Bertz CT molecular complexity index is 685. The Balaban J connectivity index is 1.75. The Labute approximate surface area is 136 Å². The van der Waals surface area contributed by atoms with E-state index < -0.39 is 0 Å². The summed E-state index contributed by atoms with van der Waals surface area (Å²) in [5.41, 5.74) is 3.08. The summed E-state index contributed by atoms with van der Waals surface area (Å²) in [4.78, 5) is 20.2. The van der Waals surface area contributed by atoms with Crippen LogP contribution in [0, 0.1) is 0 Å². The molecule has 1 fully saturated rings. The number of aromatic amines is 1. The molecule has 2 aromatic rings. The van der Waals surface area contributed by atoms with Crippen molar-refractivity contribution in [2.75, 3.05) is 32.7 Å². The molecule has 0 aliphatic carbocycles. The SMILES string of the molecule is CCc1cccc2c(C(=O)N3CCN(C[C@H](C)O)CC3)c[nH]c12. The van der Waals surface area contributed by atoms with Crippen LogP contribution in [0.5, 0.6) is 0 Å². The number of aromatic nitrogens is 1. The van der Waals surface area contributed by atoms with Gasteiger partial charge in [0.05, 0.1) is 11.7 Å². The van der Waals surface area contributed by atoms with E-state index in [1.807, 2.05) is 23.2 Å². The van der Waals surface area contributed by atoms with Crippen molar-refractivity contribution in [3.63, 3.8) is 0 Å². The predicted octanol–water partition coefficient (Wildman–Crippen LogP) is 1.87. The van der Waals surface area contributed by atoms with Crippen LogP contribution in [0.3, 0.4) is 0 Å². The van der Waals surface area contributed by atoms with Crippen molar-refractivity contribution in [2.45, 2.75) is 26.4 Å². The molecule has 2 N–H and O–H groups in total. The van der Waals surface area contributed by atoms with Gasteiger partial charge in [0.1, 0.15) is 0 Å². The average Bonchev–Trinajstić information content (AvgIpc) is 2.98. The molecule has 3 rings (SSSR count). The van der Waals surface area contributed by atoms with Gasteiger partial charge in [-0.15, -0.1) is 0 Å². The molecule has 0 spiro atoms. The number of fused-ring (bicyclic) bond motifs is 1. The number of hydrogen-bond donors (Lipinski definition) is 2. The van der Waals surface area contributed by atoms with Crippen LogP contribution in [-0.4, -0.2) is 64.6 Å². The van der Waals surface area contributed by atoms with Crippen molar-refractivity contribution < 1.29 is 9.90 Å². The number of aryl methyl sites for hydroxylation is 1. The van der Waals surface area contributed by atoms with E-state index >= 15 is 0 Å². The van der Waals surface area contributed by atoms with Crippen molar-refractivity contribution >= 4 is 16.8 Å². The van der Waals surface area contributed by atoms with Gasteiger partial charge in [-0.1, -0.05) is 25.1 Å². The third-order valence-corrected chi connectivity index (χ3v) is 4.60. The summed E-state index contributed by atoms with van der Waals surface area (Å²) in [7, 11) is 0. The fraction of sp³-hybridized carbons (Fsp3) is 0.500. The number of hydrogen-bond acceptors (Lipinski definition) is 3. The van der Waals surface area contributed by atoms with E-state index in [0.29, 0.717) is 19.6 Å². The lowest BCUT2D eigenvalue weighted by molar-refractivity contribution is 0.0556. The van der Waals surface area contributed by atoms with Crippen LogP contribution < -0.4 is 0 Å². The summed E-state index contributed by atoms with van der Waals surface area (Å²) >= 11 is 0. The maximum absolute atomic E-state index is 12.8. The molecule has 1 amide bonds. The first kappa shape index (κ1) is 16.0. The van der Waals surface area contributed by atoms with Gasteiger partial charge in [-0.05, 0) is 18.9 Å². The van der Waals surface area contributed by atoms with Crippen LogP contribution in [-0.2, 0) is 6.42 Å². The minimum atomic E-state index is -0.321. The number of carbonyl (C=O) groups is 1. The molecular formula is C18H25N3O2. The van der Waals surface area contributed by atoms with Crippen LogP contribution in [0.4, 0.5) is 0 Å². The number of H-pyrrole nitrogens is 1. The van der Waals surface area contributed by atoms with E-state index in [1.54, 1.807) is 6.92 Å². The van der Waals surface area contributed by atoms with Crippen LogP contribution in [0.15, 0.2) is 24.4 Å². The zero-order chi connectivity index (χ0) is 16.4. The summed E-state index contributed by atoms with van der Waals surface area (Å²) in [6.07, 6.45) is 2.47. The van der Waals surface area contributed by atoms with E-state index in [-0.39, 0.29) is 12.0 Å². The molecule has 2 heterocycles. The summed E-state index contributed by atoms with van der Waals surface area (Å²) in [6.45, 7) is 7.66. The monoisotopic (exact) mass is 315 g/mol. The maximum atomic E-state index is 12.8. The molecule has 5 nitrogen and oxygen atoms in total. The lowest BCUT2D eigenvalue weighted by atomic mass is 10.1. The second-order valence-electron chi connectivity index (χ2n) is 6.34. The summed E-state index contributed by atoms with van der Waals surface area (Å²) < 4.78 is 0. The number of nitrogens with zero attached hydrogens (tertiary/aromatic N) is 2. The van der Waals surface area contributed by atoms with Crippen molar-refractivity contribution in [2.24, 2.45) is 0 Å². The zero-order valence-electron chi connectivity index (χ0n) is 13.9. The summed E-state index contributed by atoms with van der Waals surface area (Å²) in [5, 5.41) is 10.5. The molecule has 0 saturated carbocycles. The largest absolute Gasteiger partial charge is 0.392 e. The third kappa shape index (κ3) is 3.26. The fourth-order valence-corrected chi connectivity index (χ4v) is 3.37. The molecule has 1 aliphatic heterocycles. The molecule has 1 aromatic heterocycles. The Kier molecular flexibility index (Phi) is 4.68. The van der Waals surface area contributed by atoms with Gasteiger partial charge < -0.3 is 15.0 Å². The Morgan fingerprint density at radius 2 is 2.04 bits per heavy atom. The highest BCUT2D eigenvalue weighted by Crippen LogP contribution is 2.23. The van der Waals surface area contributed by atoms with Crippen LogP contribution in [0.1, 0.15) is 29.8 Å². The topological polar surface area (TPSA) is 59.6 Å². The van der Waals surface area contributed by atoms with Crippen LogP contribution >= 0.6 is 0 Å². The van der Waals surface area contributed by atoms with Gasteiger partial charge in [-0.25, -0.2) is 0 Å². The minimum Gasteiger partial charge on any atom is -0.392 e. The Hall–Kier alpha value is -1.85. The second-order valence-corrected chi connectivity index (χ2v) is 6.34. The lowest BCUT2D eigenvalue weighted by Crippen LogP contribution is -2.50. The van der Waals surface area contributed by atoms with Gasteiger partial charge >= 0.3 is 0 Å². The smallest absolute Gasteiger partial charge is 0.256 e. The molecule has 0 unspecified atom stereocenters. The van der Waals surface area contributed by atoms with Gasteiger partial charge in [0.2, 0.25) is 0 Å². The number of aliphatic hydroxyl groups excluding tert-OH is 1. The molecule has 1 aromatic carbocycles. The van der Waals surface area contributed by atoms with Gasteiger partial charge in [0, 0.05) is 49.8 Å². The minimum absolute atomic E-state index is 0.0983. The van der Waals surface area contributed by atoms with Crippen LogP contribution in [0.2, 0.25) is 0 Å². The number of rotatable bonds is 4. The lowest BCUT2D eigenvalue weighted by Gasteiger charge is -2.35. The molecule has 5 heteroatoms. The normalized spacial score (nSPS) is 17.6. The van der Waals surface area contributed by atoms with E-state index in [1.165, 1.54) is 5.56 Å². The molecular weight excluding hydrogens is 290 g/mol. The van der Waals surface area contributed by atoms with Gasteiger partial charge in [0.15, 0.2) is 0 Å². The standard InChI is InChI=1S/C18H25N3O2/c1-3-14-5-4-6-15-16(11-19-17(14)15)18(23)21-9-7-20(8-10-21)12-13(2)22/h4-6,11,13,19,22H,3,7-10,12H2,1-2H3/t13-/m0/s1. The predicted molar refractivity (Wildman–Crippen MR) is 91.7 cm³/mol. The van der Waals surface area contributed by atoms with Crippen molar-refractivity contribution in [1.82, 2.24) is 14.8 Å². The van der Waals surface area contributed by atoms with Crippen LogP contribution in [0.25, 0.3) is 10.9 Å².